The Kier molecular flexibility index (Phi) is 4.79. The molecule has 6 heteroatoms. The minimum absolute atomic E-state index is 0.0106. The highest BCUT2D eigenvalue weighted by molar-refractivity contribution is 5.94. The van der Waals surface area contributed by atoms with Crippen molar-refractivity contribution < 1.29 is 14.5 Å². The number of nitro groups is 1. The van der Waals surface area contributed by atoms with Crippen LogP contribution in [0.25, 0.3) is 0 Å². The molecule has 98 valence electrons. The van der Waals surface area contributed by atoms with Gasteiger partial charge in [-0.3, -0.25) is 14.9 Å². The fourth-order valence-corrected chi connectivity index (χ4v) is 1.60. The van der Waals surface area contributed by atoms with Crippen LogP contribution in [-0.4, -0.2) is 30.6 Å². The Bertz CT molecular complexity index is 459. The number of nitrogens with zero attached hydrogens (tertiary/aromatic N) is 1. The van der Waals surface area contributed by atoms with Crippen molar-refractivity contribution in [2.75, 3.05) is 13.7 Å². The fourth-order valence-electron chi connectivity index (χ4n) is 1.60. The molecule has 1 aromatic rings. The Morgan fingerprint density at radius 1 is 1.56 bits per heavy atom. The zero-order valence-corrected chi connectivity index (χ0v) is 10.6. The summed E-state index contributed by atoms with van der Waals surface area (Å²) >= 11 is 0. The maximum atomic E-state index is 11.8. The summed E-state index contributed by atoms with van der Waals surface area (Å²) in [7, 11) is 1.55. The van der Waals surface area contributed by atoms with Crippen molar-refractivity contribution in [1.82, 2.24) is 5.32 Å². The lowest BCUT2D eigenvalue weighted by Gasteiger charge is -2.12. The second-order valence-corrected chi connectivity index (χ2v) is 4.09. The number of hydrogen-bond acceptors (Lipinski definition) is 4. The highest BCUT2D eigenvalue weighted by Gasteiger charge is 2.14. The first-order chi connectivity index (χ1) is 8.45. The highest BCUT2D eigenvalue weighted by Crippen LogP contribution is 2.18. The predicted molar refractivity (Wildman–Crippen MR) is 66.6 cm³/mol. The molecule has 0 saturated heterocycles. The van der Waals surface area contributed by atoms with Crippen LogP contribution < -0.4 is 5.32 Å². The first-order valence-electron chi connectivity index (χ1n) is 5.50. The molecule has 0 bridgehead atoms. The molecule has 0 saturated carbocycles. The van der Waals surface area contributed by atoms with Crippen LogP contribution in [-0.2, 0) is 4.74 Å². The van der Waals surface area contributed by atoms with Gasteiger partial charge in [0.2, 0.25) is 0 Å². The molecule has 1 N–H and O–H groups in total. The Labute approximate surface area is 105 Å². The second kappa shape index (κ2) is 6.11. The smallest absolute Gasteiger partial charge is 0.272 e. The molecule has 0 aliphatic rings. The molecule has 0 radical (unpaired) electrons. The number of nitro benzene ring substituents is 1. The van der Waals surface area contributed by atoms with Gasteiger partial charge < -0.3 is 10.1 Å². The molecular formula is C12H16N2O4. The summed E-state index contributed by atoms with van der Waals surface area (Å²) in [4.78, 5) is 22.0. The van der Waals surface area contributed by atoms with Crippen molar-refractivity contribution in [2.24, 2.45) is 0 Å². The minimum Gasteiger partial charge on any atom is -0.383 e. The van der Waals surface area contributed by atoms with Crippen LogP contribution in [0.5, 0.6) is 0 Å². The second-order valence-electron chi connectivity index (χ2n) is 4.09. The van der Waals surface area contributed by atoms with Crippen molar-refractivity contribution in [1.29, 1.82) is 0 Å². The molecule has 18 heavy (non-hydrogen) atoms. The lowest BCUT2D eigenvalue weighted by atomic mass is 10.1. The Morgan fingerprint density at radius 3 is 2.72 bits per heavy atom. The van der Waals surface area contributed by atoms with Crippen LogP contribution in [0.2, 0.25) is 0 Å². The van der Waals surface area contributed by atoms with Crippen molar-refractivity contribution in [3.05, 3.63) is 39.4 Å². The number of aryl methyl sites for hydroxylation is 1. The molecule has 0 heterocycles. The third kappa shape index (κ3) is 3.53. The lowest BCUT2D eigenvalue weighted by Crippen LogP contribution is -2.35. The number of ether oxygens (including phenoxy) is 1. The maximum Gasteiger partial charge on any atom is 0.272 e. The molecule has 0 fully saturated rings. The number of carbonyl (C=O) groups excluding carboxylic acids is 1. The van der Waals surface area contributed by atoms with Gasteiger partial charge in [-0.15, -0.1) is 0 Å². The van der Waals surface area contributed by atoms with Gasteiger partial charge in [0.05, 0.1) is 11.5 Å². The van der Waals surface area contributed by atoms with E-state index in [1.165, 1.54) is 18.2 Å². The number of carbonyl (C=O) groups is 1. The average molecular weight is 252 g/mol. The van der Waals surface area contributed by atoms with E-state index >= 15 is 0 Å². The number of methoxy groups -OCH3 is 1. The van der Waals surface area contributed by atoms with Crippen LogP contribution in [0.3, 0.4) is 0 Å². The molecular weight excluding hydrogens is 236 g/mol. The van der Waals surface area contributed by atoms with Crippen molar-refractivity contribution >= 4 is 11.6 Å². The van der Waals surface area contributed by atoms with Gasteiger partial charge in [-0.2, -0.15) is 0 Å². The molecule has 1 atom stereocenters. The third-order valence-electron chi connectivity index (χ3n) is 2.45. The Hall–Kier alpha value is -1.95. The van der Waals surface area contributed by atoms with Crippen molar-refractivity contribution in [3.63, 3.8) is 0 Å². The summed E-state index contributed by atoms with van der Waals surface area (Å²) in [5.41, 5.74) is 0.879. The molecule has 1 unspecified atom stereocenters. The van der Waals surface area contributed by atoms with Gasteiger partial charge in [-0.1, -0.05) is 0 Å². The standard InChI is InChI=1S/C12H16N2O4/c1-8-6-10(4-5-11(8)14(16)17)12(15)13-9(2)7-18-3/h4-6,9H,7H2,1-3H3,(H,13,15). The SMILES string of the molecule is COCC(C)NC(=O)c1ccc([N+](=O)[O-])c(C)c1. The van der Waals surface area contributed by atoms with Crippen LogP contribution in [0.1, 0.15) is 22.8 Å². The normalized spacial score (nSPS) is 11.9. The monoisotopic (exact) mass is 252 g/mol. The first-order valence-corrected chi connectivity index (χ1v) is 5.50. The van der Waals surface area contributed by atoms with E-state index in [1.54, 1.807) is 14.0 Å². The highest BCUT2D eigenvalue weighted by atomic mass is 16.6. The van der Waals surface area contributed by atoms with E-state index in [1.807, 2.05) is 6.92 Å². The number of amides is 1. The van der Waals surface area contributed by atoms with Gasteiger partial charge in [0.25, 0.3) is 11.6 Å². The summed E-state index contributed by atoms with van der Waals surface area (Å²) < 4.78 is 4.91. The third-order valence-corrected chi connectivity index (χ3v) is 2.45. The lowest BCUT2D eigenvalue weighted by molar-refractivity contribution is -0.385. The molecule has 1 aromatic carbocycles. The topological polar surface area (TPSA) is 81.5 Å². The quantitative estimate of drug-likeness (QED) is 0.638. The molecule has 6 nitrogen and oxygen atoms in total. The molecule has 0 aliphatic heterocycles. The molecule has 1 amide bonds. The molecule has 0 aliphatic carbocycles. The Balaban J connectivity index is 2.81. The van der Waals surface area contributed by atoms with Gasteiger partial charge >= 0.3 is 0 Å². The zero-order valence-electron chi connectivity index (χ0n) is 10.6. The van der Waals surface area contributed by atoms with Crippen molar-refractivity contribution in [3.8, 4) is 0 Å². The van der Waals surface area contributed by atoms with Crippen LogP contribution >= 0.6 is 0 Å². The summed E-state index contributed by atoms with van der Waals surface area (Å²) in [5.74, 6) is -0.266. The average Bonchev–Trinajstić information content (AvgIpc) is 2.28. The maximum absolute atomic E-state index is 11.8. The summed E-state index contributed by atoms with van der Waals surface area (Å²) in [6.07, 6.45) is 0. The Morgan fingerprint density at radius 2 is 2.22 bits per heavy atom. The molecule has 0 aromatic heterocycles. The van der Waals surface area contributed by atoms with E-state index in [-0.39, 0.29) is 17.6 Å². The van der Waals surface area contributed by atoms with E-state index in [0.29, 0.717) is 17.7 Å². The van der Waals surface area contributed by atoms with E-state index in [9.17, 15) is 14.9 Å². The summed E-state index contributed by atoms with van der Waals surface area (Å²) in [6.45, 7) is 3.84. The van der Waals surface area contributed by atoms with E-state index in [2.05, 4.69) is 5.32 Å². The van der Waals surface area contributed by atoms with Crippen LogP contribution in [0.15, 0.2) is 18.2 Å². The largest absolute Gasteiger partial charge is 0.383 e. The predicted octanol–water partition coefficient (Wildman–Crippen LogP) is 1.67. The molecule has 0 spiro atoms. The van der Waals surface area contributed by atoms with Crippen LogP contribution in [0, 0.1) is 17.0 Å². The van der Waals surface area contributed by atoms with Gasteiger partial charge in [-0.05, 0) is 26.0 Å². The molecule has 1 rings (SSSR count). The number of nitrogens with one attached hydrogen (secondary N) is 1. The summed E-state index contributed by atoms with van der Waals surface area (Å²) in [5, 5.41) is 13.4. The number of rotatable bonds is 5. The summed E-state index contributed by atoms with van der Waals surface area (Å²) in [6, 6.07) is 4.18. The van der Waals surface area contributed by atoms with Gasteiger partial charge in [0.15, 0.2) is 0 Å². The van der Waals surface area contributed by atoms with Gasteiger partial charge in [0, 0.05) is 30.3 Å². The van der Waals surface area contributed by atoms with Crippen molar-refractivity contribution in [2.45, 2.75) is 19.9 Å². The van der Waals surface area contributed by atoms with E-state index < -0.39 is 4.92 Å². The van der Waals surface area contributed by atoms with Crippen LogP contribution in [0.4, 0.5) is 5.69 Å². The fraction of sp³-hybridized carbons (Fsp3) is 0.417. The van der Waals surface area contributed by atoms with Gasteiger partial charge in [0.1, 0.15) is 0 Å². The number of benzene rings is 1. The number of hydrogen-bond donors (Lipinski definition) is 1. The van der Waals surface area contributed by atoms with Gasteiger partial charge in [-0.25, -0.2) is 0 Å². The minimum atomic E-state index is -0.468. The van der Waals surface area contributed by atoms with E-state index in [0.717, 1.165) is 0 Å². The van der Waals surface area contributed by atoms with E-state index in [4.69, 9.17) is 4.74 Å². The zero-order chi connectivity index (χ0) is 13.7. The first kappa shape index (κ1) is 14.1.